The molecular formula is C14H26F3IN4O. The molecule has 1 rings (SSSR count). The van der Waals surface area contributed by atoms with Gasteiger partial charge >= 0.3 is 6.18 Å². The van der Waals surface area contributed by atoms with Crippen LogP contribution in [0.1, 0.15) is 26.7 Å². The highest BCUT2D eigenvalue weighted by atomic mass is 127. The third kappa shape index (κ3) is 8.61. The molecule has 1 amide bonds. The van der Waals surface area contributed by atoms with E-state index in [1.807, 2.05) is 6.92 Å². The number of likely N-dealkylation sites (tertiary alicyclic amines) is 1. The number of hydrogen-bond acceptors (Lipinski definition) is 2. The van der Waals surface area contributed by atoms with E-state index < -0.39 is 18.6 Å². The highest BCUT2D eigenvalue weighted by Crippen LogP contribution is 2.17. The monoisotopic (exact) mass is 450 g/mol. The Morgan fingerprint density at radius 1 is 1.35 bits per heavy atom. The Hall–Kier alpha value is -0.740. The van der Waals surface area contributed by atoms with Crippen molar-refractivity contribution in [1.29, 1.82) is 0 Å². The Bertz CT molecular complexity index is 396. The van der Waals surface area contributed by atoms with Crippen LogP contribution in [0.15, 0.2) is 4.99 Å². The summed E-state index contributed by atoms with van der Waals surface area (Å²) in [6.07, 6.45) is -2.29. The number of piperidine rings is 1. The van der Waals surface area contributed by atoms with Crippen LogP contribution in [0.5, 0.6) is 0 Å². The molecule has 1 N–H and O–H groups in total. The molecule has 0 spiro atoms. The summed E-state index contributed by atoms with van der Waals surface area (Å²) in [6, 6.07) is 0. The van der Waals surface area contributed by atoms with Crippen molar-refractivity contribution in [3.63, 3.8) is 0 Å². The van der Waals surface area contributed by atoms with Crippen molar-refractivity contribution >= 4 is 35.8 Å². The van der Waals surface area contributed by atoms with Crippen LogP contribution in [0, 0.1) is 5.92 Å². The lowest BCUT2D eigenvalue weighted by Crippen LogP contribution is -2.46. The molecule has 1 fully saturated rings. The fourth-order valence-corrected chi connectivity index (χ4v) is 2.27. The molecule has 23 heavy (non-hydrogen) atoms. The van der Waals surface area contributed by atoms with E-state index in [9.17, 15) is 18.0 Å². The van der Waals surface area contributed by atoms with E-state index in [2.05, 4.69) is 22.1 Å². The van der Waals surface area contributed by atoms with Crippen molar-refractivity contribution in [2.24, 2.45) is 10.9 Å². The number of rotatable bonds is 4. The molecule has 9 heteroatoms. The second-order valence-electron chi connectivity index (χ2n) is 5.70. The largest absolute Gasteiger partial charge is 0.406 e. The first-order valence-electron chi connectivity index (χ1n) is 7.57. The van der Waals surface area contributed by atoms with Gasteiger partial charge in [-0.3, -0.25) is 4.79 Å². The van der Waals surface area contributed by atoms with Gasteiger partial charge in [-0.05, 0) is 25.7 Å². The summed E-state index contributed by atoms with van der Waals surface area (Å²) >= 11 is 0. The maximum atomic E-state index is 12.3. The molecular weight excluding hydrogens is 424 g/mol. The molecule has 0 aromatic heterocycles. The zero-order valence-electron chi connectivity index (χ0n) is 13.8. The first kappa shape index (κ1) is 22.3. The number of nitrogens with one attached hydrogen (secondary N) is 1. The van der Waals surface area contributed by atoms with Gasteiger partial charge in [0.15, 0.2) is 5.96 Å². The van der Waals surface area contributed by atoms with Crippen LogP contribution in [-0.2, 0) is 4.79 Å². The molecule has 0 radical (unpaired) electrons. The van der Waals surface area contributed by atoms with Gasteiger partial charge in [-0.15, -0.1) is 24.0 Å². The van der Waals surface area contributed by atoms with Crippen molar-refractivity contribution in [3.05, 3.63) is 0 Å². The molecule has 0 unspecified atom stereocenters. The van der Waals surface area contributed by atoms with Crippen LogP contribution in [-0.4, -0.2) is 67.6 Å². The van der Waals surface area contributed by atoms with Gasteiger partial charge in [0.25, 0.3) is 0 Å². The molecule has 1 aliphatic rings. The number of carbonyl (C=O) groups excluding carboxylic acids is 1. The van der Waals surface area contributed by atoms with Crippen molar-refractivity contribution in [1.82, 2.24) is 15.1 Å². The SMILES string of the molecule is CCNC(=NCC(=O)N(C)CC(F)(F)F)N1CCC(C)CC1.I. The lowest BCUT2D eigenvalue weighted by Gasteiger charge is -2.33. The minimum absolute atomic E-state index is 0. The van der Waals surface area contributed by atoms with Gasteiger partial charge in [-0.2, -0.15) is 13.2 Å². The Labute approximate surface area is 152 Å². The maximum Gasteiger partial charge on any atom is 0.406 e. The molecule has 0 aliphatic carbocycles. The van der Waals surface area contributed by atoms with Gasteiger partial charge in [-0.1, -0.05) is 6.92 Å². The lowest BCUT2D eigenvalue weighted by molar-refractivity contribution is -0.157. The average Bonchev–Trinajstić information content (AvgIpc) is 2.42. The number of hydrogen-bond donors (Lipinski definition) is 1. The van der Waals surface area contributed by atoms with Gasteiger partial charge in [0, 0.05) is 26.7 Å². The zero-order valence-corrected chi connectivity index (χ0v) is 16.1. The normalized spacial score (nSPS) is 16.8. The van der Waals surface area contributed by atoms with Crippen molar-refractivity contribution < 1.29 is 18.0 Å². The topological polar surface area (TPSA) is 47.9 Å². The summed E-state index contributed by atoms with van der Waals surface area (Å²) in [5.74, 6) is 0.625. The first-order chi connectivity index (χ1) is 10.2. The summed E-state index contributed by atoms with van der Waals surface area (Å²) in [6.45, 7) is 4.92. The van der Waals surface area contributed by atoms with Crippen molar-refractivity contribution in [2.45, 2.75) is 32.9 Å². The lowest BCUT2D eigenvalue weighted by atomic mass is 10.00. The fraction of sp³-hybridized carbons (Fsp3) is 0.857. The highest BCUT2D eigenvalue weighted by Gasteiger charge is 2.31. The van der Waals surface area contributed by atoms with Gasteiger partial charge in [0.05, 0.1) is 0 Å². The number of alkyl halides is 3. The molecule has 0 aromatic rings. The van der Waals surface area contributed by atoms with E-state index in [1.165, 1.54) is 0 Å². The van der Waals surface area contributed by atoms with Crippen molar-refractivity contribution in [3.8, 4) is 0 Å². The van der Waals surface area contributed by atoms with E-state index >= 15 is 0 Å². The summed E-state index contributed by atoms with van der Waals surface area (Å²) < 4.78 is 36.8. The standard InChI is InChI=1S/C14H25F3N4O.HI/c1-4-18-13(21-7-5-11(2)6-8-21)19-9-12(22)20(3)10-14(15,16)17;/h11H,4-10H2,1-3H3,(H,18,19);1H. The molecule has 0 bridgehead atoms. The number of carbonyl (C=O) groups is 1. The van der Waals surface area contributed by atoms with Crippen molar-refractivity contribution in [2.75, 3.05) is 39.8 Å². The number of nitrogens with zero attached hydrogens (tertiary/aromatic N) is 3. The Balaban J connectivity index is 0.00000484. The molecule has 0 atom stereocenters. The van der Waals surface area contributed by atoms with E-state index in [0.717, 1.165) is 33.0 Å². The molecule has 1 aliphatic heterocycles. The second kappa shape index (κ2) is 10.2. The van der Waals surface area contributed by atoms with E-state index in [1.54, 1.807) is 0 Å². The number of halogens is 4. The summed E-state index contributed by atoms with van der Waals surface area (Å²) in [5.41, 5.74) is 0. The van der Waals surface area contributed by atoms with Gasteiger partial charge < -0.3 is 15.1 Å². The van der Waals surface area contributed by atoms with Crippen LogP contribution in [0.3, 0.4) is 0 Å². The Kier molecular flexibility index (Phi) is 9.86. The molecule has 1 heterocycles. The fourth-order valence-electron chi connectivity index (χ4n) is 2.27. The summed E-state index contributed by atoms with van der Waals surface area (Å²) in [4.78, 5) is 18.6. The highest BCUT2D eigenvalue weighted by molar-refractivity contribution is 14.0. The molecule has 0 saturated carbocycles. The first-order valence-corrected chi connectivity index (χ1v) is 7.57. The van der Waals surface area contributed by atoms with Gasteiger partial charge in [0.2, 0.25) is 5.91 Å². The summed E-state index contributed by atoms with van der Waals surface area (Å²) in [5, 5.41) is 3.09. The third-order valence-corrected chi connectivity index (χ3v) is 3.62. The predicted molar refractivity (Wildman–Crippen MR) is 95.1 cm³/mol. The molecule has 1 saturated heterocycles. The minimum atomic E-state index is -4.39. The van der Waals surface area contributed by atoms with Gasteiger partial charge in [-0.25, -0.2) is 4.99 Å². The number of aliphatic imine (C=N–C) groups is 1. The maximum absolute atomic E-state index is 12.3. The Morgan fingerprint density at radius 3 is 2.39 bits per heavy atom. The number of likely N-dealkylation sites (N-methyl/N-ethyl adjacent to an activating group) is 1. The van der Waals surface area contributed by atoms with Crippen LogP contribution in [0.2, 0.25) is 0 Å². The van der Waals surface area contributed by atoms with E-state index in [0.29, 0.717) is 23.3 Å². The van der Waals surface area contributed by atoms with Crippen LogP contribution in [0.4, 0.5) is 13.2 Å². The van der Waals surface area contributed by atoms with Crippen LogP contribution in [0.25, 0.3) is 0 Å². The minimum Gasteiger partial charge on any atom is -0.357 e. The molecule has 0 aromatic carbocycles. The summed E-state index contributed by atoms with van der Waals surface area (Å²) in [7, 11) is 1.14. The van der Waals surface area contributed by atoms with E-state index in [-0.39, 0.29) is 30.5 Å². The quantitative estimate of drug-likeness (QED) is 0.407. The molecule has 136 valence electrons. The average molecular weight is 450 g/mol. The van der Waals surface area contributed by atoms with Crippen LogP contribution >= 0.6 is 24.0 Å². The zero-order chi connectivity index (χ0) is 16.8. The number of guanidine groups is 1. The van der Waals surface area contributed by atoms with Gasteiger partial charge in [0.1, 0.15) is 13.1 Å². The molecule has 5 nitrogen and oxygen atoms in total. The Morgan fingerprint density at radius 2 is 1.91 bits per heavy atom. The smallest absolute Gasteiger partial charge is 0.357 e. The van der Waals surface area contributed by atoms with E-state index in [4.69, 9.17) is 0 Å². The van der Waals surface area contributed by atoms with Crippen LogP contribution < -0.4 is 5.32 Å². The predicted octanol–water partition coefficient (Wildman–Crippen LogP) is 2.32. The third-order valence-electron chi connectivity index (χ3n) is 3.62. The second-order valence-corrected chi connectivity index (χ2v) is 5.70. The number of amides is 1.